The van der Waals surface area contributed by atoms with Crippen LogP contribution in [-0.2, 0) is 0 Å². The van der Waals surface area contributed by atoms with Gasteiger partial charge < -0.3 is 5.11 Å². The molecule has 0 bridgehead atoms. The van der Waals surface area contributed by atoms with Crippen LogP contribution in [0, 0.1) is 0 Å². The molecule has 4 nitrogen and oxygen atoms in total. The molecule has 0 aliphatic carbocycles. The molecular formula is C14H12N2O2. The van der Waals surface area contributed by atoms with Gasteiger partial charge in [-0.2, -0.15) is 5.10 Å². The summed E-state index contributed by atoms with van der Waals surface area (Å²) in [5.74, 6) is -0.930. The molecule has 0 atom stereocenters. The van der Waals surface area contributed by atoms with Crippen molar-refractivity contribution in [2.75, 3.05) is 5.43 Å². The average molecular weight is 240 g/mol. The molecular weight excluding hydrogens is 228 g/mol. The second-order valence-electron chi connectivity index (χ2n) is 3.66. The summed E-state index contributed by atoms with van der Waals surface area (Å²) in [5.41, 5.74) is 4.89. The molecule has 0 radical (unpaired) electrons. The predicted octanol–water partition coefficient (Wildman–Crippen LogP) is 2.83. The molecule has 90 valence electrons. The Balaban J connectivity index is 1.99. The van der Waals surface area contributed by atoms with Gasteiger partial charge in [0.2, 0.25) is 0 Å². The van der Waals surface area contributed by atoms with Crippen molar-refractivity contribution in [3.8, 4) is 0 Å². The maximum absolute atomic E-state index is 10.7. The first kappa shape index (κ1) is 11.9. The summed E-state index contributed by atoms with van der Waals surface area (Å²) >= 11 is 0. The van der Waals surface area contributed by atoms with E-state index in [9.17, 15) is 4.79 Å². The van der Waals surface area contributed by atoms with Crippen LogP contribution in [-0.4, -0.2) is 17.3 Å². The third-order valence-electron chi connectivity index (χ3n) is 2.34. The lowest BCUT2D eigenvalue weighted by Gasteiger charge is -1.99. The molecule has 4 heteroatoms. The molecule has 0 saturated carbocycles. The number of nitrogens with one attached hydrogen (secondary N) is 1. The minimum atomic E-state index is -0.930. The first-order valence-corrected chi connectivity index (χ1v) is 5.43. The van der Waals surface area contributed by atoms with Crippen LogP contribution in [0.25, 0.3) is 0 Å². The first-order chi connectivity index (χ1) is 8.75. The molecule has 0 aromatic heterocycles. The molecule has 18 heavy (non-hydrogen) atoms. The van der Waals surface area contributed by atoms with E-state index < -0.39 is 5.97 Å². The van der Waals surface area contributed by atoms with E-state index in [1.165, 1.54) is 0 Å². The number of benzene rings is 2. The number of carbonyl (C=O) groups is 1. The van der Waals surface area contributed by atoms with Crippen LogP contribution in [0.5, 0.6) is 0 Å². The summed E-state index contributed by atoms with van der Waals surface area (Å²) in [4.78, 5) is 10.7. The van der Waals surface area contributed by atoms with Gasteiger partial charge in [-0.1, -0.05) is 30.3 Å². The third kappa shape index (κ3) is 3.18. The first-order valence-electron chi connectivity index (χ1n) is 5.43. The number of hydrazone groups is 1. The molecule has 0 aliphatic rings. The van der Waals surface area contributed by atoms with E-state index in [0.29, 0.717) is 0 Å². The molecule has 2 aromatic carbocycles. The number of aromatic carboxylic acids is 1. The van der Waals surface area contributed by atoms with Gasteiger partial charge in [-0.25, -0.2) is 4.79 Å². The highest BCUT2D eigenvalue weighted by molar-refractivity contribution is 5.89. The van der Waals surface area contributed by atoms with Crippen molar-refractivity contribution in [3.05, 3.63) is 65.7 Å². The Morgan fingerprint density at radius 3 is 2.33 bits per heavy atom. The second-order valence-corrected chi connectivity index (χ2v) is 3.66. The van der Waals surface area contributed by atoms with E-state index in [4.69, 9.17) is 5.11 Å². The van der Waals surface area contributed by atoms with Crippen molar-refractivity contribution < 1.29 is 9.90 Å². The molecule has 0 fully saturated rings. The van der Waals surface area contributed by atoms with Crippen molar-refractivity contribution in [3.63, 3.8) is 0 Å². The van der Waals surface area contributed by atoms with Crippen LogP contribution in [0.2, 0.25) is 0 Å². The van der Waals surface area contributed by atoms with E-state index in [1.54, 1.807) is 30.5 Å². The van der Waals surface area contributed by atoms with Crippen molar-refractivity contribution in [1.29, 1.82) is 0 Å². The largest absolute Gasteiger partial charge is 0.478 e. The molecule has 0 unspecified atom stereocenters. The van der Waals surface area contributed by atoms with Crippen molar-refractivity contribution in [2.45, 2.75) is 0 Å². The maximum atomic E-state index is 10.7. The molecule has 2 aromatic rings. The van der Waals surface area contributed by atoms with Gasteiger partial charge >= 0.3 is 5.97 Å². The fourth-order valence-corrected chi connectivity index (χ4v) is 1.41. The molecule has 0 heterocycles. The van der Waals surface area contributed by atoms with Crippen LogP contribution < -0.4 is 5.43 Å². The topological polar surface area (TPSA) is 61.7 Å². The van der Waals surface area contributed by atoms with Crippen LogP contribution in [0.4, 0.5) is 5.69 Å². The molecule has 2 rings (SSSR count). The minimum Gasteiger partial charge on any atom is -0.478 e. The van der Waals surface area contributed by atoms with Gasteiger partial charge in [0.15, 0.2) is 0 Å². The zero-order valence-corrected chi connectivity index (χ0v) is 9.58. The maximum Gasteiger partial charge on any atom is 0.335 e. The van der Waals surface area contributed by atoms with E-state index in [1.807, 2.05) is 30.3 Å². The Hall–Kier alpha value is -2.62. The van der Waals surface area contributed by atoms with Crippen LogP contribution in [0.15, 0.2) is 59.7 Å². The lowest BCUT2D eigenvalue weighted by atomic mass is 10.1. The fourth-order valence-electron chi connectivity index (χ4n) is 1.41. The van der Waals surface area contributed by atoms with Gasteiger partial charge in [-0.15, -0.1) is 0 Å². The van der Waals surface area contributed by atoms with Gasteiger partial charge in [0, 0.05) is 0 Å². The molecule has 2 N–H and O–H groups in total. The highest BCUT2D eigenvalue weighted by atomic mass is 16.4. The molecule has 0 amide bonds. The summed E-state index contributed by atoms with van der Waals surface area (Å²) in [6, 6.07) is 16.1. The summed E-state index contributed by atoms with van der Waals surface area (Å²) in [6.07, 6.45) is 1.64. The number of carboxylic acid groups (broad SMARTS) is 1. The Kier molecular flexibility index (Phi) is 3.71. The van der Waals surface area contributed by atoms with E-state index in [-0.39, 0.29) is 5.56 Å². The van der Waals surface area contributed by atoms with Crippen LogP contribution in [0.1, 0.15) is 15.9 Å². The highest BCUT2D eigenvalue weighted by Gasteiger charge is 1.99. The summed E-state index contributed by atoms with van der Waals surface area (Å²) < 4.78 is 0. The monoisotopic (exact) mass is 240 g/mol. The third-order valence-corrected chi connectivity index (χ3v) is 2.34. The Morgan fingerprint density at radius 2 is 1.72 bits per heavy atom. The number of carboxylic acids is 1. The van der Waals surface area contributed by atoms with Gasteiger partial charge in [0.05, 0.1) is 17.5 Å². The Morgan fingerprint density at radius 1 is 1.06 bits per heavy atom. The number of hydrogen-bond acceptors (Lipinski definition) is 3. The second kappa shape index (κ2) is 5.63. The van der Waals surface area contributed by atoms with Gasteiger partial charge in [0.1, 0.15) is 0 Å². The van der Waals surface area contributed by atoms with Crippen LogP contribution >= 0.6 is 0 Å². The van der Waals surface area contributed by atoms with Gasteiger partial charge in [-0.3, -0.25) is 5.43 Å². The number of nitrogens with zero attached hydrogens (tertiary/aromatic N) is 1. The predicted molar refractivity (Wildman–Crippen MR) is 71.1 cm³/mol. The summed E-state index contributed by atoms with van der Waals surface area (Å²) in [6.45, 7) is 0. The smallest absolute Gasteiger partial charge is 0.335 e. The fraction of sp³-hybridized carbons (Fsp3) is 0. The Bertz CT molecular complexity index is 548. The van der Waals surface area contributed by atoms with Crippen molar-refractivity contribution >= 4 is 17.9 Å². The molecule has 0 saturated heterocycles. The number of rotatable bonds is 4. The summed E-state index contributed by atoms with van der Waals surface area (Å²) in [5, 5.41) is 12.8. The molecule has 0 aliphatic heterocycles. The van der Waals surface area contributed by atoms with E-state index in [0.717, 1.165) is 11.3 Å². The van der Waals surface area contributed by atoms with E-state index >= 15 is 0 Å². The zero-order valence-electron chi connectivity index (χ0n) is 9.58. The lowest BCUT2D eigenvalue weighted by molar-refractivity contribution is 0.0697. The van der Waals surface area contributed by atoms with Gasteiger partial charge in [-0.05, 0) is 29.8 Å². The number of hydrogen-bond donors (Lipinski definition) is 2. The zero-order chi connectivity index (χ0) is 12.8. The molecule has 0 spiro atoms. The average Bonchev–Trinajstić information content (AvgIpc) is 2.40. The normalized spacial score (nSPS) is 10.4. The number of anilines is 1. The lowest BCUT2D eigenvalue weighted by Crippen LogP contribution is -1.96. The quantitative estimate of drug-likeness (QED) is 0.638. The highest BCUT2D eigenvalue weighted by Crippen LogP contribution is 2.05. The van der Waals surface area contributed by atoms with Gasteiger partial charge in [0.25, 0.3) is 0 Å². The Labute approximate surface area is 105 Å². The van der Waals surface area contributed by atoms with Crippen LogP contribution in [0.3, 0.4) is 0 Å². The number of para-hydroxylation sites is 1. The summed E-state index contributed by atoms with van der Waals surface area (Å²) in [7, 11) is 0. The van der Waals surface area contributed by atoms with Crippen molar-refractivity contribution in [1.82, 2.24) is 0 Å². The van der Waals surface area contributed by atoms with Crippen molar-refractivity contribution in [2.24, 2.45) is 5.10 Å². The minimum absolute atomic E-state index is 0.267. The standard InChI is InChI=1S/C14H12N2O2/c17-14(18)12-8-6-11(7-9-12)10-15-16-13-4-2-1-3-5-13/h1-10,16H,(H,17,18)/b15-10+. The van der Waals surface area contributed by atoms with E-state index in [2.05, 4.69) is 10.5 Å². The SMILES string of the molecule is O=C(O)c1ccc(/C=N/Nc2ccccc2)cc1.